The fourth-order valence-electron chi connectivity index (χ4n) is 3.73. The van der Waals surface area contributed by atoms with Crippen LogP contribution in [0.1, 0.15) is 18.4 Å². The fraction of sp³-hybridized carbons (Fsp3) is 0.421. The van der Waals surface area contributed by atoms with E-state index < -0.39 is 17.6 Å². The van der Waals surface area contributed by atoms with Gasteiger partial charge in [0.25, 0.3) is 0 Å². The smallest absolute Gasteiger partial charge is 0.416 e. The van der Waals surface area contributed by atoms with Crippen molar-refractivity contribution in [2.75, 3.05) is 19.6 Å². The van der Waals surface area contributed by atoms with Crippen LogP contribution in [0.2, 0.25) is 0 Å². The summed E-state index contributed by atoms with van der Waals surface area (Å²) in [6, 6.07) is 5.46. The van der Waals surface area contributed by atoms with Crippen LogP contribution in [0.3, 0.4) is 0 Å². The molecule has 7 heteroatoms. The van der Waals surface area contributed by atoms with Crippen molar-refractivity contribution in [3.63, 3.8) is 0 Å². The molecule has 3 saturated heterocycles. The molecule has 26 heavy (non-hydrogen) atoms. The largest absolute Gasteiger partial charge is 0.487 e. The van der Waals surface area contributed by atoms with Crippen molar-refractivity contribution in [3.8, 4) is 17.0 Å². The Morgan fingerprint density at radius 1 is 1.08 bits per heavy atom. The zero-order chi connectivity index (χ0) is 18.3. The number of pyridine rings is 1. The normalized spacial score (nSPS) is 25.3. The predicted octanol–water partition coefficient (Wildman–Crippen LogP) is 4.38. The second-order valence-corrected chi connectivity index (χ2v) is 6.87. The van der Waals surface area contributed by atoms with Crippen LogP contribution < -0.4 is 4.74 Å². The van der Waals surface area contributed by atoms with Crippen molar-refractivity contribution in [2.45, 2.75) is 25.1 Å². The maximum absolute atomic E-state index is 14.0. The Kier molecular flexibility index (Phi) is 4.34. The number of aromatic nitrogens is 1. The van der Waals surface area contributed by atoms with Crippen molar-refractivity contribution in [1.29, 1.82) is 0 Å². The highest BCUT2D eigenvalue weighted by molar-refractivity contribution is 5.61. The monoisotopic (exact) mass is 366 g/mol. The number of hydrogen-bond donors (Lipinski definition) is 0. The molecule has 0 saturated carbocycles. The lowest BCUT2D eigenvalue weighted by Crippen LogP contribution is -2.52. The van der Waals surface area contributed by atoms with Gasteiger partial charge in [0.05, 0.1) is 17.5 Å². The van der Waals surface area contributed by atoms with Crippen LogP contribution in [-0.4, -0.2) is 35.6 Å². The second kappa shape index (κ2) is 6.54. The van der Waals surface area contributed by atoms with Gasteiger partial charge in [0, 0.05) is 12.1 Å². The van der Waals surface area contributed by atoms with E-state index in [-0.39, 0.29) is 17.4 Å². The molecule has 0 radical (unpaired) electrons. The Morgan fingerprint density at radius 3 is 2.42 bits per heavy atom. The van der Waals surface area contributed by atoms with Crippen molar-refractivity contribution in [1.82, 2.24) is 9.88 Å². The van der Waals surface area contributed by atoms with Crippen LogP contribution in [0, 0.1) is 11.7 Å². The highest BCUT2D eigenvalue weighted by atomic mass is 19.4. The number of fused-ring (bicyclic) bond motifs is 3. The molecule has 3 nitrogen and oxygen atoms in total. The number of rotatable bonds is 3. The summed E-state index contributed by atoms with van der Waals surface area (Å²) in [4.78, 5) is 6.48. The van der Waals surface area contributed by atoms with Crippen molar-refractivity contribution in [2.24, 2.45) is 5.92 Å². The van der Waals surface area contributed by atoms with E-state index in [9.17, 15) is 17.6 Å². The van der Waals surface area contributed by atoms with Crippen molar-refractivity contribution >= 4 is 0 Å². The second-order valence-electron chi connectivity index (χ2n) is 6.87. The third-order valence-electron chi connectivity index (χ3n) is 5.19. The number of halogens is 4. The van der Waals surface area contributed by atoms with Gasteiger partial charge in [-0.25, -0.2) is 4.39 Å². The number of benzene rings is 1. The molecule has 1 atom stereocenters. The van der Waals surface area contributed by atoms with Crippen LogP contribution >= 0.6 is 0 Å². The van der Waals surface area contributed by atoms with Gasteiger partial charge in [-0.1, -0.05) is 0 Å². The van der Waals surface area contributed by atoms with Gasteiger partial charge >= 0.3 is 6.18 Å². The average Bonchev–Trinajstić information content (AvgIpc) is 2.63. The molecule has 4 heterocycles. The molecule has 0 spiro atoms. The van der Waals surface area contributed by atoms with Gasteiger partial charge < -0.3 is 4.74 Å². The molecule has 0 unspecified atom stereocenters. The van der Waals surface area contributed by atoms with Crippen LogP contribution in [-0.2, 0) is 6.18 Å². The molecule has 1 aromatic heterocycles. The summed E-state index contributed by atoms with van der Waals surface area (Å²) in [7, 11) is 0. The number of alkyl halides is 3. The summed E-state index contributed by atoms with van der Waals surface area (Å²) in [6.45, 7) is 3.10. The molecule has 0 aliphatic carbocycles. The predicted molar refractivity (Wildman–Crippen MR) is 88.2 cm³/mol. The number of nitrogens with zero attached hydrogens (tertiary/aromatic N) is 2. The lowest BCUT2D eigenvalue weighted by atomic mass is 9.86. The van der Waals surface area contributed by atoms with E-state index in [0.29, 0.717) is 11.7 Å². The van der Waals surface area contributed by atoms with Crippen LogP contribution in [0.25, 0.3) is 11.3 Å². The molecule has 5 rings (SSSR count). The first-order valence-electron chi connectivity index (χ1n) is 8.62. The Morgan fingerprint density at radius 2 is 1.85 bits per heavy atom. The highest BCUT2D eigenvalue weighted by Gasteiger charge is 2.35. The summed E-state index contributed by atoms with van der Waals surface area (Å²) >= 11 is 0. The Bertz CT molecular complexity index is 783. The topological polar surface area (TPSA) is 25.4 Å². The van der Waals surface area contributed by atoms with Gasteiger partial charge in [-0.3, -0.25) is 9.88 Å². The van der Waals surface area contributed by atoms with Gasteiger partial charge in [0.1, 0.15) is 17.7 Å². The van der Waals surface area contributed by atoms with E-state index in [1.807, 2.05) is 0 Å². The lowest BCUT2D eigenvalue weighted by molar-refractivity contribution is -0.137. The third-order valence-corrected chi connectivity index (χ3v) is 5.19. The minimum absolute atomic E-state index is 0.107. The molecule has 0 amide bonds. The van der Waals surface area contributed by atoms with Gasteiger partial charge in [-0.2, -0.15) is 13.2 Å². The first kappa shape index (κ1) is 17.3. The van der Waals surface area contributed by atoms with E-state index in [2.05, 4.69) is 9.88 Å². The molecular formula is C19H18F4N2O. The highest BCUT2D eigenvalue weighted by Crippen LogP contribution is 2.34. The van der Waals surface area contributed by atoms with E-state index in [1.165, 1.54) is 12.3 Å². The van der Waals surface area contributed by atoms with Crippen LogP contribution in [0.4, 0.5) is 17.6 Å². The van der Waals surface area contributed by atoms with Crippen molar-refractivity contribution in [3.05, 3.63) is 47.9 Å². The SMILES string of the molecule is Fc1ccc(C(F)(F)F)cc1-c1ccc(O[C@H]2CN3CCC2CC3)cn1. The van der Waals surface area contributed by atoms with Gasteiger partial charge in [-0.05, 0) is 62.2 Å². The Labute approximate surface area is 148 Å². The average molecular weight is 366 g/mol. The van der Waals surface area contributed by atoms with Gasteiger partial charge in [0.15, 0.2) is 0 Å². The molecule has 0 N–H and O–H groups in total. The first-order valence-corrected chi connectivity index (χ1v) is 8.62. The Hall–Kier alpha value is -2.15. The zero-order valence-corrected chi connectivity index (χ0v) is 14.0. The van der Waals surface area contributed by atoms with E-state index in [0.717, 1.165) is 50.7 Å². The van der Waals surface area contributed by atoms with E-state index in [1.54, 1.807) is 6.07 Å². The maximum atomic E-state index is 14.0. The van der Waals surface area contributed by atoms with E-state index in [4.69, 9.17) is 4.74 Å². The third kappa shape index (κ3) is 3.40. The van der Waals surface area contributed by atoms with Gasteiger partial charge in [0.2, 0.25) is 0 Å². The fourth-order valence-corrected chi connectivity index (χ4v) is 3.73. The molecule has 2 bridgehead atoms. The number of ether oxygens (including phenoxy) is 1. The van der Waals surface area contributed by atoms with Crippen molar-refractivity contribution < 1.29 is 22.3 Å². The molecule has 1 aromatic carbocycles. The van der Waals surface area contributed by atoms with Crippen LogP contribution in [0.5, 0.6) is 5.75 Å². The Balaban J connectivity index is 1.53. The molecule has 3 aliphatic rings. The molecule has 2 aromatic rings. The molecule has 3 fully saturated rings. The molecule has 138 valence electrons. The zero-order valence-electron chi connectivity index (χ0n) is 14.0. The maximum Gasteiger partial charge on any atom is 0.416 e. The van der Waals surface area contributed by atoms with Gasteiger partial charge in [-0.15, -0.1) is 0 Å². The summed E-state index contributed by atoms with van der Waals surface area (Å²) in [5.41, 5.74) is -0.924. The molecular weight excluding hydrogens is 348 g/mol. The number of hydrogen-bond acceptors (Lipinski definition) is 3. The number of piperidine rings is 3. The summed E-state index contributed by atoms with van der Waals surface area (Å²) < 4.78 is 58.5. The summed E-state index contributed by atoms with van der Waals surface area (Å²) in [5, 5.41) is 0. The summed E-state index contributed by atoms with van der Waals surface area (Å²) in [5.74, 6) is 0.344. The van der Waals surface area contributed by atoms with E-state index >= 15 is 0 Å². The molecule has 3 aliphatic heterocycles. The van der Waals surface area contributed by atoms with Crippen LogP contribution in [0.15, 0.2) is 36.5 Å². The standard InChI is InChI=1S/C19H18F4N2O/c20-16-3-1-13(19(21,22)23)9-15(16)17-4-2-14(10-24-17)26-18-11-25-7-5-12(18)6-8-25/h1-4,9-10,12,18H,5-8,11H2/t18-/m0/s1. The minimum atomic E-state index is -4.53. The summed E-state index contributed by atoms with van der Waals surface area (Å²) in [6.07, 6.45) is -0.735. The lowest BCUT2D eigenvalue weighted by Gasteiger charge is -2.44. The quantitative estimate of drug-likeness (QED) is 0.754. The minimum Gasteiger partial charge on any atom is -0.487 e. The first-order chi connectivity index (χ1) is 12.4.